The highest BCUT2D eigenvalue weighted by Crippen LogP contribution is 2.11. The molecule has 1 atom stereocenters. The van der Waals surface area contributed by atoms with E-state index in [0.717, 1.165) is 45.3 Å². The second-order valence-corrected chi connectivity index (χ2v) is 5.96. The molecule has 0 aromatic carbocycles. The summed E-state index contributed by atoms with van der Waals surface area (Å²) in [6.45, 7) is 9.49. The number of amides is 1. The fourth-order valence-corrected chi connectivity index (χ4v) is 2.01. The monoisotopic (exact) mass is 270 g/mol. The van der Waals surface area contributed by atoms with Crippen LogP contribution in [0.15, 0.2) is 0 Å². The van der Waals surface area contributed by atoms with Crippen LogP contribution in [0.25, 0.3) is 0 Å². The smallest absolute Gasteiger partial charge is 0.222 e. The molecule has 0 rings (SSSR count). The van der Waals surface area contributed by atoms with Gasteiger partial charge in [0, 0.05) is 19.5 Å². The van der Waals surface area contributed by atoms with Gasteiger partial charge in [-0.05, 0) is 45.8 Å². The summed E-state index contributed by atoms with van der Waals surface area (Å²) in [5, 5.41) is 0. The summed E-state index contributed by atoms with van der Waals surface area (Å²) in [6, 6.07) is 0. The van der Waals surface area contributed by atoms with Crippen molar-refractivity contribution in [3.63, 3.8) is 0 Å². The van der Waals surface area contributed by atoms with Crippen LogP contribution in [0.2, 0.25) is 0 Å². The molecule has 0 aromatic rings. The van der Waals surface area contributed by atoms with E-state index in [1.165, 1.54) is 6.42 Å². The van der Waals surface area contributed by atoms with Crippen molar-refractivity contribution >= 4 is 5.91 Å². The van der Waals surface area contributed by atoms with Crippen LogP contribution < -0.4 is 0 Å². The second kappa shape index (κ2) is 11.3. The van der Waals surface area contributed by atoms with E-state index in [9.17, 15) is 4.79 Å². The predicted molar refractivity (Wildman–Crippen MR) is 83.3 cm³/mol. The molecule has 0 radical (unpaired) electrons. The Morgan fingerprint density at radius 2 is 1.58 bits per heavy atom. The summed E-state index contributed by atoms with van der Waals surface area (Å²) in [5.74, 6) is 0.867. The molecular weight excluding hydrogens is 236 g/mol. The van der Waals surface area contributed by atoms with Gasteiger partial charge in [-0.1, -0.05) is 33.6 Å². The molecule has 0 bridgehead atoms. The second-order valence-electron chi connectivity index (χ2n) is 5.96. The van der Waals surface area contributed by atoms with Gasteiger partial charge in [0.25, 0.3) is 0 Å². The summed E-state index contributed by atoms with van der Waals surface area (Å²) < 4.78 is 0. The largest absolute Gasteiger partial charge is 0.343 e. The van der Waals surface area contributed by atoms with E-state index < -0.39 is 0 Å². The lowest BCUT2D eigenvalue weighted by Crippen LogP contribution is -2.34. The number of carbonyl (C=O) groups excluding carboxylic acids is 1. The van der Waals surface area contributed by atoms with Crippen LogP contribution in [0.4, 0.5) is 0 Å². The van der Waals surface area contributed by atoms with Gasteiger partial charge in [-0.25, -0.2) is 0 Å². The van der Waals surface area contributed by atoms with Crippen LogP contribution >= 0.6 is 0 Å². The van der Waals surface area contributed by atoms with E-state index in [4.69, 9.17) is 0 Å². The average molecular weight is 270 g/mol. The number of carbonyl (C=O) groups is 1. The van der Waals surface area contributed by atoms with E-state index >= 15 is 0 Å². The van der Waals surface area contributed by atoms with Crippen LogP contribution in [-0.2, 0) is 4.79 Å². The van der Waals surface area contributed by atoms with Crippen molar-refractivity contribution in [2.24, 2.45) is 5.92 Å². The minimum Gasteiger partial charge on any atom is -0.343 e. The standard InChI is InChI=1S/C16H34N2O/c1-6-8-12-18(13-10-9-11-17(4)5)16(19)14-15(3)7-2/h15H,6-14H2,1-5H3. The molecule has 1 unspecified atom stereocenters. The zero-order chi connectivity index (χ0) is 14.7. The van der Waals surface area contributed by atoms with Crippen molar-refractivity contribution in [1.82, 2.24) is 9.80 Å². The fraction of sp³-hybridized carbons (Fsp3) is 0.938. The van der Waals surface area contributed by atoms with Crippen molar-refractivity contribution in [2.75, 3.05) is 33.7 Å². The van der Waals surface area contributed by atoms with Crippen molar-refractivity contribution in [1.29, 1.82) is 0 Å². The fourth-order valence-electron chi connectivity index (χ4n) is 2.01. The SMILES string of the molecule is CCCCN(CCCCN(C)C)C(=O)CC(C)CC. The quantitative estimate of drug-likeness (QED) is 0.537. The Labute approximate surface area is 120 Å². The molecule has 0 aliphatic heterocycles. The van der Waals surface area contributed by atoms with Crippen LogP contribution in [0.3, 0.4) is 0 Å². The lowest BCUT2D eigenvalue weighted by molar-refractivity contribution is -0.132. The molecule has 1 amide bonds. The van der Waals surface area contributed by atoms with Gasteiger partial charge in [-0.2, -0.15) is 0 Å². The van der Waals surface area contributed by atoms with Gasteiger partial charge in [0.05, 0.1) is 0 Å². The third-order valence-corrected chi connectivity index (χ3v) is 3.64. The number of hydrogen-bond donors (Lipinski definition) is 0. The summed E-state index contributed by atoms with van der Waals surface area (Å²) in [4.78, 5) is 16.6. The summed E-state index contributed by atoms with van der Waals surface area (Å²) >= 11 is 0. The average Bonchev–Trinajstić information content (AvgIpc) is 2.37. The van der Waals surface area contributed by atoms with Crippen LogP contribution in [0, 0.1) is 5.92 Å². The molecule has 0 fully saturated rings. The van der Waals surface area contributed by atoms with E-state index in [1.54, 1.807) is 0 Å². The maximum absolute atomic E-state index is 12.3. The van der Waals surface area contributed by atoms with Gasteiger partial charge in [0.15, 0.2) is 0 Å². The first-order valence-electron chi connectivity index (χ1n) is 7.93. The zero-order valence-electron chi connectivity index (χ0n) is 13.7. The van der Waals surface area contributed by atoms with Crippen LogP contribution in [0.5, 0.6) is 0 Å². The lowest BCUT2D eigenvalue weighted by Gasteiger charge is -2.24. The van der Waals surface area contributed by atoms with Gasteiger partial charge in [0.2, 0.25) is 5.91 Å². The Hall–Kier alpha value is -0.570. The summed E-state index contributed by atoms with van der Waals surface area (Å²) in [7, 11) is 4.20. The molecule has 3 nitrogen and oxygen atoms in total. The van der Waals surface area contributed by atoms with Crippen molar-refractivity contribution < 1.29 is 4.79 Å². The summed E-state index contributed by atoms with van der Waals surface area (Å²) in [6.07, 6.45) is 6.38. The molecule has 19 heavy (non-hydrogen) atoms. The van der Waals surface area contributed by atoms with E-state index in [1.807, 2.05) is 0 Å². The zero-order valence-corrected chi connectivity index (χ0v) is 13.7. The maximum atomic E-state index is 12.3. The predicted octanol–water partition coefficient (Wildman–Crippen LogP) is 3.39. The Kier molecular flexibility index (Phi) is 10.9. The van der Waals surface area contributed by atoms with Gasteiger partial charge in [0.1, 0.15) is 0 Å². The molecular formula is C16H34N2O. The number of nitrogens with zero attached hydrogens (tertiary/aromatic N) is 2. The highest BCUT2D eigenvalue weighted by atomic mass is 16.2. The lowest BCUT2D eigenvalue weighted by atomic mass is 10.0. The minimum atomic E-state index is 0.354. The normalized spacial score (nSPS) is 12.7. The molecule has 0 aliphatic carbocycles. The van der Waals surface area contributed by atoms with Gasteiger partial charge < -0.3 is 9.80 Å². The Balaban J connectivity index is 4.09. The molecule has 0 spiro atoms. The topological polar surface area (TPSA) is 23.6 Å². The number of hydrogen-bond acceptors (Lipinski definition) is 2. The summed E-state index contributed by atoms with van der Waals surface area (Å²) in [5.41, 5.74) is 0. The van der Waals surface area contributed by atoms with Crippen LogP contribution in [0.1, 0.15) is 59.3 Å². The van der Waals surface area contributed by atoms with Crippen LogP contribution in [-0.4, -0.2) is 49.4 Å². The molecule has 0 aromatic heterocycles. The Bertz CT molecular complexity index is 229. The van der Waals surface area contributed by atoms with Gasteiger partial charge >= 0.3 is 0 Å². The highest BCUT2D eigenvalue weighted by molar-refractivity contribution is 5.76. The minimum absolute atomic E-state index is 0.354. The third kappa shape index (κ3) is 9.94. The Morgan fingerprint density at radius 1 is 1.00 bits per heavy atom. The third-order valence-electron chi connectivity index (χ3n) is 3.64. The van der Waals surface area contributed by atoms with E-state index in [-0.39, 0.29) is 0 Å². The first-order valence-corrected chi connectivity index (χ1v) is 7.93. The van der Waals surface area contributed by atoms with Crippen molar-refractivity contribution in [2.45, 2.75) is 59.3 Å². The van der Waals surface area contributed by atoms with Crippen molar-refractivity contribution in [3.05, 3.63) is 0 Å². The number of rotatable bonds is 11. The molecule has 0 saturated carbocycles. The van der Waals surface area contributed by atoms with E-state index in [2.05, 4.69) is 44.7 Å². The Morgan fingerprint density at radius 3 is 2.11 bits per heavy atom. The highest BCUT2D eigenvalue weighted by Gasteiger charge is 2.15. The van der Waals surface area contributed by atoms with E-state index in [0.29, 0.717) is 18.2 Å². The number of unbranched alkanes of at least 4 members (excludes halogenated alkanes) is 2. The molecule has 0 saturated heterocycles. The van der Waals surface area contributed by atoms with Gasteiger partial charge in [-0.15, -0.1) is 0 Å². The molecule has 3 heteroatoms. The molecule has 114 valence electrons. The molecule has 0 aliphatic rings. The first kappa shape index (κ1) is 18.4. The molecule has 0 heterocycles. The first-order chi connectivity index (χ1) is 9.01. The molecule has 0 N–H and O–H groups in total. The maximum Gasteiger partial charge on any atom is 0.222 e. The van der Waals surface area contributed by atoms with Gasteiger partial charge in [-0.3, -0.25) is 4.79 Å². The van der Waals surface area contributed by atoms with Crippen molar-refractivity contribution in [3.8, 4) is 0 Å².